The van der Waals surface area contributed by atoms with E-state index in [1.807, 2.05) is 0 Å². The summed E-state index contributed by atoms with van der Waals surface area (Å²) in [6.07, 6.45) is 7.23. The first-order chi connectivity index (χ1) is 16.3. The van der Waals surface area contributed by atoms with Crippen LogP contribution in [0.3, 0.4) is 0 Å². The zero-order valence-corrected chi connectivity index (χ0v) is 19.4. The van der Waals surface area contributed by atoms with Crippen LogP contribution in [0.1, 0.15) is 83.3 Å². The van der Waals surface area contributed by atoms with Gasteiger partial charge in [0.15, 0.2) is 6.10 Å². The number of carbonyl (C=O) groups excluding carboxylic acids is 2. The van der Waals surface area contributed by atoms with Crippen LogP contribution in [-0.4, -0.2) is 51.7 Å². The van der Waals surface area contributed by atoms with Crippen molar-refractivity contribution >= 4 is 18.1 Å². The van der Waals surface area contributed by atoms with E-state index in [1.54, 1.807) is 0 Å². The first-order valence-corrected chi connectivity index (χ1v) is 11.9. The van der Waals surface area contributed by atoms with E-state index in [4.69, 9.17) is 15.2 Å². The van der Waals surface area contributed by atoms with Gasteiger partial charge in [0.05, 0.1) is 0 Å². The molecule has 0 saturated carbocycles. The van der Waals surface area contributed by atoms with Gasteiger partial charge in [-0.15, -0.1) is 0 Å². The summed E-state index contributed by atoms with van der Waals surface area (Å²) in [6.45, 7) is -0.546. The van der Waals surface area contributed by atoms with Gasteiger partial charge >= 0.3 is 17.6 Å². The molecule has 0 aliphatic carbocycles. The van der Waals surface area contributed by atoms with E-state index in [-0.39, 0.29) is 12.2 Å². The van der Waals surface area contributed by atoms with Crippen molar-refractivity contribution in [1.29, 1.82) is 0 Å². The van der Waals surface area contributed by atoms with Crippen molar-refractivity contribution in [3.63, 3.8) is 0 Å². The maximum absolute atomic E-state index is 14.5. The maximum atomic E-state index is 14.5. The number of halogens is 2. The number of nitrogens with zero attached hydrogens (tertiary/aromatic N) is 2. The molecule has 1 aliphatic heterocycles. The summed E-state index contributed by atoms with van der Waals surface area (Å²) in [5.74, 6) is -4.46. The number of hydrogen-bond donors (Lipinski definition) is 2. The molecular formula is C23H35F2N3O6. The average Bonchev–Trinajstić information content (AvgIpc) is 3.02. The average molecular weight is 488 g/mol. The van der Waals surface area contributed by atoms with Gasteiger partial charge in [0.1, 0.15) is 24.8 Å². The fourth-order valence-corrected chi connectivity index (χ4v) is 3.87. The highest BCUT2D eigenvalue weighted by Crippen LogP contribution is 2.42. The van der Waals surface area contributed by atoms with Gasteiger partial charge in [-0.3, -0.25) is 9.36 Å². The molecule has 1 fully saturated rings. The van der Waals surface area contributed by atoms with Gasteiger partial charge in [-0.2, -0.15) is 13.8 Å². The number of aromatic nitrogens is 2. The van der Waals surface area contributed by atoms with Crippen molar-refractivity contribution in [2.24, 2.45) is 0 Å². The van der Waals surface area contributed by atoms with Crippen LogP contribution in [-0.2, 0) is 19.1 Å². The normalized spacial score (nSPS) is 21.4. The van der Waals surface area contributed by atoms with Gasteiger partial charge in [0, 0.05) is 19.0 Å². The van der Waals surface area contributed by atoms with Crippen LogP contribution >= 0.6 is 0 Å². The van der Waals surface area contributed by atoms with Crippen molar-refractivity contribution in [1.82, 2.24) is 9.55 Å². The summed E-state index contributed by atoms with van der Waals surface area (Å²) in [5, 5.41) is 9.95. The van der Waals surface area contributed by atoms with E-state index in [2.05, 4.69) is 4.98 Å². The molecule has 0 radical (unpaired) electrons. The Hall–Kier alpha value is -2.40. The second kappa shape index (κ2) is 14.1. The minimum absolute atomic E-state index is 0.129. The molecule has 1 aromatic heterocycles. The fourth-order valence-electron chi connectivity index (χ4n) is 3.87. The number of anilines is 1. The Morgan fingerprint density at radius 3 is 2.32 bits per heavy atom. The van der Waals surface area contributed by atoms with Gasteiger partial charge < -0.3 is 25.1 Å². The molecule has 192 valence electrons. The Balaban J connectivity index is 1.61. The van der Waals surface area contributed by atoms with Crippen LogP contribution in [0.25, 0.3) is 0 Å². The molecule has 3 N–H and O–H groups in total. The molecule has 0 spiro atoms. The van der Waals surface area contributed by atoms with Gasteiger partial charge in [-0.1, -0.05) is 51.4 Å². The Kier molecular flexibility index (Phi) is 11.5. The fraction of sp³-hybridized carbons (Fsp3) is 0.739. The molecular weight excluding hydrogens is 452 g/mol. The van der Waals surface area contributed by atoms with Crippen LogP contribution in [0, 0.1) is 0 Å². The van der Waals surface area contributed by atoms with Crippen molar-refractivity contribution in [3.05, 3.63) is 22.7 Å². The van der Waals surface area contributed by atoms with Crippen LogP contribution < -0.4 is 11.4 Å². The van der Waals surface area contributed by atoms with Crippen molar-refractivity contribution in [2.75, 3.05) is 12.3 Å². The first-order valence-electron chi connectivity index (χ1n) is 11.9. The Morgan fingerprint density at radius 1 is 1.15 bits per heavy atom. The lowest BCUT2D eigenvalue weighted by molar-refractivity contribution is -0.150. The quantitative estimate of drug-likeness (QED) is 0.206. The Bertz CT molecular complexity index is 835. The van der Waals surface area contributed by atoms with E-state index in [0.717, 1.165) is 63.8 Å². The Labute approximate surface area is 197 Å². The van der Waals surface area contributed by atoms with Gasteiger partial charge in [-0.05, 0) is 18.9 Å². The summed E-state index contributed by atoms with van der Waals surface area (Å²) >= 11 is 0. The number of carbonyl (C=O) groups is 2. The number of nitrogen functional groups attached to an aromatic ring is 1. The zero-order valence-electron chi connectivity index (χ0n) is 19.4. The van der Waals surface area contributed by atoms with E-state index in [1.165, 1.54) is 12.5 Å². The van der Waals surface area contributed by atoms with Crippen molar-refractivity contribution in [2.45, 2.75) is 101 Å². The summed E-state index contributed by atoms with van der Waals surface area (Å²) in [4.78, 5) is 37.4. The number of unbranched alkanes of at least 4 members (excludes halogenated alkanes) is 10. The van der Waals surface area contributed by atoms with E-state index >= 15 is 0 Å². The highest BCUT2D eigenvalue weighted by Gasteiger charge is 2.60. The molecule has 0 aromatic carbocycles. The zero-order chi connectivity index (χ0) is 25.0. The third-order valence-corrected chi connectivity index (χ3v) is 5.85. The van der Waals surface area contributed by atoms with Crippen molar-refractivity contribution < 1.29 is 33.0 Å². The van der Waals surface area contributed by atoms with Crippen LogP contribution in [0.4, 0.5) is 14.6 Å². The number of aldehydes is 1. The predicted octanol–water partition coefficient (Wildman–Crippen LogP) is 3.14. The molecule has 11 heteroatoms. The lowest BCUT2D eigenvalue weighted by atomic mass is 10.1. The minimum Gasteiger partial charge on any atom is -0.463 e. The third kappa shape index (κ3) is 8.43. The second-order valence-electron chi connectivity index (χ2n) is 8.61. The largest absolute Gasteiger partial charge is 0.463 e. The highest BCUT2D eigenvalue weighted by atomic mass is 19.3. The SMILES string of the molecule is Nc1ccn([C@@H]2O[C@H](COC(=O)CCCCCCCCCCCCC=O)[C@@H](O)C2(F)F)c(=O)n1. The third-order valence-electron chi connectivity index (χ3n) is 5.85. The number of rotatable bonds is 16. The van der Waals surface area contributed by atoms with Gasteiger partial charge in [-0.25, -0.2) is 4.79 Å². The number of hydrogen-bond acceptors (Lipinski definition) is 8. The molecule has 34 heavy (non-hydrogen) atoms. The summed E-state index contributed by atoms with van der Waals surface area (Å²) in [5.41, 5.74) is 4.33. The van der Waals surface area contributed by atoms with E-state index < -0.39 is 42.6 Å². The molecule has 3 atom stereocenters. The first kappa shape index (κ1) is 27.8. The number of aliphatic hydroxyl groups is 1. The molecule has 1 saturated heterocycles. The topological polar surface area (TPSA) is 134 Å². The standard InChI is InChI=1S/C23H35F2N3O6/c24-23(25)20(31)17(34-21(23)28-14-13-18(26)27-22(28)32)16-33-19(30)12-10-8-6-4-2-1-3-5-7-9-11-15-29/h13-15,17,20-21,31H,1-12,16H2,(H2,26,27,32)/t17-,20-,21-/m1/s1. The van der Waals surface area contributed by atoms with Gasteiger partial charge in [0.2, 0.25) is 6.23 Å². The molecule has 2 heterocycles. The summed E-state index contributed by atoms with van der Waals surface area (Å²) in [6, 6.07) is 1.17. The van der Waals surface area contributed by atoms with Gasteiger partial charge in [0.25, 0.3) is 0 Å². The predicted molar refractivity (Wildman–Crippen MR) is 120 cm³/mol. The van der Waals surface area contributed by atoms with Crippen LogP contribution in [0.2, 0.25) is 0 Å². The van der Waals surface area contributed by atoms with E-state index in [9.17, 15) is 28.3 Å². The molecule has 9 nitrogen and oxygen atoms in total. The number of aliphatic hydroxyl groups excluding tert-OH is 1. The Morgan fingerprint density at radius 2 is 1.74 bits per heavy atom. The molecule has 2 rings (SSSR count). The molecule has 1 aliphatic rings. The second-order valence-corrected chi connectivity index (χ2v) is 8.61. The number of alkyl halides is 2. The highest BCUT2D eigenvalue weighted by molar-refractivity contribution is 5.69. The smallest absolute Gasteiger partial charge is 0.351 e. The van der Waals surface area contributed by atoms with E-state index in [0.29, 0.717) is 17.4 Å². The lowest BCUT2D eigenvalue weighted by Crippen LogP contribution is -2.42. The number of ether oxygens (including phenoxy) is 2. The number of nitrogens with two attached hydrogens (primary N) is 1. The van der Waals surface area contributed by atoms with Crippen LogP contribution in [0.5, 0.6) is 0 Å². The molecule has 0 bridgehead atoms. The molecule has 0 amide bonds. The summed E-state index contributed by atoms with van der Waals surface area (Å²) < 4.78 is 39.7. The number of esters is 1. The monoisotopic (exact) mass is 487 g/mol. The molecule has 1 aromatic rings. The maximum Gasteiger partial charge on any atom is 0.351 e. The molecule has 0 unspecified atom stereocenters. The van der Waals surface area contributed by atoms with Crippen LogP contribution in [0.15, 0.2) is 17.1 Å². The minimum atomic E-state index is -3.78. The summed E-state index contributed by atoms with van der Waals surface area (Å²) in [7, 11) is 0. The van der Waals surface area contributed by atoms with Crippen molar-refractivity contribution in [3.8, 4) is 0 Å². The lowest BCUT2D eigenvalue weighted by Gasteiger charge is -2.20.